The van der Waals surface area contributed by atoms with Crippen molar-refractivity contribution in [3.8, 4) is 5.75 Å². The predicted molar refractivity (Wildman–Crippen MR) is 52.4 cm³/mol. The first-order chi connectivity index (χ1) is 6.16. The van der Waals surface area contributed by atoms with Crippen molar-refractivity contribution >= 4 is 0 Å². The Labute approximate surface area is 78.4 Å². The Balaban J connectivity index is 2.42. The van der Waals surface area contributed by atoms with Crippen LogP contribution >= 0.6 is 0 Å². The van der Waals surface area contributed by atoms with Crippen LogP contribution in [0.3, 0.4) is 0 Å². The van der Waals surface area contributed by atoms with Crippen LogP contribution in [0.2, 0.25) is 0 Å². The fraction of sp³-hybridized carbons (Fsp3) is 0.273. The van der Waals surface area contributed by atoms with E-state index < -0.39 is 0 Å². The zero-order chi connectivity index (χ0) is 9.42. The summed E-state index contributed by atoms with van der Waals surface area (Å²) in [5.74, 6) is 1.66. The summed E-state index contributed by atoms with van der Waals surface area (Å²) in [6.45, 7) is 6.79. The Bertz CT molecular complexity index is 357. The SMILES string of the molecule is C=C1Oc2ccc(C)cc2CN1C. The fourth-order valence-corrected chi connectivity index (χ4v) is 1.48. The van der Waals surface area contributed by atoms with Gasteiger partial charge in [-0.2, -0.15) is 0 Å². The number of nitrogens with zero attached hydrogens (tertiary/aromatic N) is 1. The first-order valence-electron chi connectivity index (χ1n) is 4.34. The van der Waals surface area contributed by atoms with Crippen LogP contribution < -0.4 is 4.74 Å². The highest BCUT2D eigenvalue weighted by atomic mass is 16.5. The third-order valence-electron chi connectivity index (χ3n) is 2.28. The van der Waals surface area contributed by atoms with E-state index in [1.165, 1.54) is 11.1 Å². The molecule has 0 N–H and O–H groups in total. The van der Waals surface area contributed by atoms with Crippen molar-refractivity contribution in [2.75, 3.05) is 7.05 Å². The maximum atomic E-state index is 5.53. The number of ether oxygens (including phenoxy) is 1. The highest BCUT2D eigenvalue weighted by Gasteiger charge is 2.16. The summed E-state index contributed by atoms with van der Waals surface area (Å²) in [6, 6.07) is 6.21. The summed E-state index contributed by atoms with van der Waals surface area (Å²) in [5.41, 5.74) is 2.50. The molecule has 0 fully saturated rings. The number of aryl methyl sites for hydroxylation is 1. The van der Waals surface area contributed by atoms with Crippen molar-refractivity contribution in [1.82, 2.24) is 4.90 Å². The van der Waals surface area contributed by atoms with Crippen LogP contribution in [0.5, 0.6) is 5.75 Å². The van der Waals surface area contributed by atoms with Gasteiger partial charge >= 0.3 is 0 Å². The van der Waals surface area contributed by atoms with E-state index in [0.717, 1.165) is 18.2 Å². The normalized spacial score (nSPS) is 15.2. The summed E-state index contributed by atoms with van der Waals surface area (Å²) >= 11 is 0. The van der Waals surface area contributed by atoms with Crippen molar-refractivity contribution in [1.29, 1.82) is 0 Å². The van der Waals surface area contributed by atoms with Gasteiger partial charge in [-0.05, 0) is 19.6 Å². The summed E-state index contributed by atoms with van der Waals surface area (Å²) in [7, 11) is 1.98. The maximum Gasteiger partial charge on any atom is 0.188 e. The Hall–Kier alpha value is -1.44. The average Bonchev–Trinajstić information content (AvgIpc) is 2.08. The largest absolute Gasteiger partial charge is 0.441 e. The molecular weight excluding hydrogens is 162 g/mol. The van der Waals surface area contributed by atoms with Crippen molar-refractivity contribution in [3.63, 3.8) is 0 Å². The van der Waals surface area contributed by atoms with E-state index in [-0.39, 0.29) is 0 Å². The molecule has 1 aliphatic rings. The summed E-state index contributed by atoms with van der Waals surface area (Å²) in [6.07, 6.45) is 0. The highest BCUT2D eigenvalue weighted by molar-refractivity contribution is 5.39. The molecule has 2 heteroatoms. The molecule has 0 saturated carbocycles. The second-order valence-electron chi connectivity index (χ2n) is 3.46. The molecule has 2 rings (SSSR count). The van der Waals surface area contributed by atoms with Gasteiger partial charge in [0, 0.05) is 19.2 Å². The van der Waals surface area contributed by atoms with Crippen LogP contribution in [0.1, 0.15) is 11.1 Å². The first-order valence-corrected chi connectivity index (χ1v) is 4.34. The zero-order valence-corrected chi connectivity index (χ0v) is 8.00. The van der Waals surface area contributed by atoms with Gasteiger partial charge in [-0.1, -0.05) is 17.7 Å². The van der Waals surface area contributed by atoms with E-state index >= 15 is 0 Å². The third-order valence-corrected chi connectivity index (χ3v) is 2.28. The molecule has 0 radical (unpaired) electrons. The molecule has 0 aromatic heterocycles. The minimum absolute atomic E-state index is 0.719. The Kier molecular flexibility index (Phi) is 1.76. The van der Waals surface area contributed by atoms with Crippen molar-refractivity contribution in [3.05, 3.63) is 41.8 Å². The first kappa shape index (κ1) is 8.17. The van der Waals surface area contributed by atoms with E-state index in [2.05, 4.69) is 25.6 Å². The molecule has 0 amide bonds. The van der Waals surface area contributed by atoms with E-state index in [1.807, 2.05) is 18.0 Å². The molecule has 1 aromatic carbocycles. The second-order valence-corrected chi connectivity index (χ2v) is 3.46. The topological polar surface area (TPSA) is 12.5 Å². The van der Waals surface area contributed by atoms with Crippen LogP contribution in [0.4, 0.5) is 0 Å². The molecule has 2 nitrogen and oxygen atoms in total. The minimum Gasteiger partial charge on any atom is -0.441 e. The molecule has 68 valence electrons. The second kappa shape index (κ2) is 2.80. The van der Waals surface area contributed by atoms with Crippen molar-refractivity contribution in [2.24, 2.45) is 0 Å². The number of hydrogen-bond donors (Lipinski definition) is 0. The van der Waals surface area contributed by atoms with Crippen LogP contribution in [-0.2, 0) is 6.54 Å². The molecule has 0 unspecified atom stereocenters. The smallest absolute Gasteiger partial charge is 0.188 e. The van der Waals surface area contributed by atoms with Gasteiger partial charge in [0.05, 0.1) is 0 Å². The molecule has 0 aliphatic carbocycles. The van der Waals surface area contributed by atoms with Gasteiger partial charge in [0.15, 0.2) is 5.88 Å². The van der Waals surface area contributed by atoms with Gasteiger partial charge in [0.25, 0.3) is 0 Å². The Morgan fingerprint density at radius 2 is 2.23 bits per heavy atom. The lowest BCUT2D eigenvalue weighted by atomic mass is 10.1. The van der Waals surface area contributed by atoms with Gasteiger partial charge < -0.3 is 9.64 Å². The molecule has 0 atom stereocenters. The zero-order valence-electron chi connectivity index (χ0n) is 8.00. The molecule has 0 saturated heterocycles. The maximum absolute atomic E-state index is 5.53. The Morgan fingerprint density at radius 1 is 1.46 bits per heavy atom. The van der Waals surface area contributed by atoms with Gasteiger partial charge in [0.2, 0.25) is 0 Å². The van der Waals surface area contributed by atoms with Crippen LogP contribution in [0.25, 0.3) is 0 Å². The molecular formula is C11H13NO. The molecule has 0 spiro atoms. The summed E-state index contributed by atoms with van der Waals surface area (Å²) in [4.78, 5) is 2.00. The quantitative estimate of drug-likeness (QED) is 0.600. The van der Waals surface area contributed by atoms with Crippen LogP contribution in [0.15, 0.2) is 30.7 Å². The van der Waals surface area contributed by atoms with Crippen molar-refractivity contribution in [2.45, 2.75) is 13.5 Å². The minimum atomic E-state index is 0.719. The standard InChI is InChI=1S/C11H13NO/c1-8-4-5-11-10(6-8)7-12(3)9(2)13-11/h4-6H,2,7H2,1,3H3. The molecule has 1 aromatic rings. The molecule has 1 heterocycles. The highest BCUT2D eigenvalue weighted by Crippen LogP contribution is 2.28. The lowest BCUT2D eigenvalue weighted by Gasteiger charge is -2.28. The molecule has 0 bridgehead atoms. The number of hydrogen-bond acceptors (Lipinski definition) is 2. The third kappa shape index (κ3) is 1.39. The van der Waals surface area contributed by atoms with Gasteiger partial charge in [-0.15, -0.1) is 0 Å². The fourth-order valence-electron chi connectivity index (χ4n) is 1.48. The van der Waals surface area contributed by atoms with E-state index in [4.69, 9.17) is 4.74 Å². The van der Waals surface area contributed by atoms with E-state index in [9.17, 15) is 0 Å². The number of benzene rings is 1. The van der Waals surface area contributed by atoms with Crippen LogP contribution in [0, 0.1) is 6.92 Å². The van der Waals surface area contributed by atoms with Gasteiger partial charge in [-0.25, -0.2) is 0 Å². The van der Waals surface area contributed by atoms with E-state index in [0.29, 0.717) is 0 Å². The van der Waals surface area contributed by atoms with Gasteiger partial charge in [0.1, 0.15) is 5.75 Å². The van der Waals surface area contributed by atoms with E-state index in [1.54, 1.807) is 0 Å². The molecule has 13 heavy (non-hydrogen) atoms. The molecule has 1 aliphatic heterocycles. The Morgan fingerprint density at radius 3 is 3.00 bits per heavy atom. The van der Waals surface area contributed by atoms with Crippen molar-refractivity contribution < 1.29 is 4.74 Å². The number of fused-ring (bicyclic) bond motifs is 1. The lowest BCUT2D eigenvalue weighted by molar-refractivity contribution is 0.216. The lowest BCUT2D eigenvalue weighted by Crippen LogP contribution is -2.25. The predicted octanol–water partition coefficient (Wildman–Crippen LogP) is 2.29. The monoisotopic (exact) mass is 175 g/mol. The van der Waals surface area contributed by atoms with Gasteiger partial charge in [-0.3, -0.25) is 0 Å². The number of rotatable bonds is 0. The average molecular weight is 175 g/mol. The summed E-state index contributed by atoms with van der Waals surface area (Å²) in [5, 5.41) is 0. The van der Waals surface area contributed by atoms with Crippen LogP contribution in [-0.4, -0.2) is 11.9 Å². The summed E-state index contributed by atoms with van der Waals surface area (Å²) < 4.78 is 5.53.